The Morgan fingerprint density at radius 2 is 1.91 bits per heavy atom. The Hall–Kier alpha value is -2.46. The van der Waals surface area contributed by atoms with Crippen LogP contribution in [0.25, 0.3) is 10.9 Å². The SMILES string of the molecule is CCn1c(COc2ccc(O)cc2)cc2c(CN)cccc21. The minimum absolute atomic E-state index is 0.239. The van der Waals surface area contributed by atoms with Crippen LogP contribution in [0.3, 0.4) is 0 Å². The Labute approximate surface area is 129 Å². The average molecular weight is 296 g/mol. The second-order valence-electron chi connectivity index (χ2n) is 5.22. The van der Waals surface area contributed by atoms with Crippen molar-refractivity contribution in [2.45, 2.75) is 26.6 Å². The first-order valence-electron chi connectivity index (χ1n) is 7.45. The van der Waals surface area contributed by atoms with Crippen molar-refractivity contribution in [2.24, 2.45) is 5.73 Å². The van der Waals surface area contributed by atoms with Gasteiger partial charge in [0.2, 0.25) is 0 Å². The molecule has 0 aliphatic carbocycles. The second kappa shape index (κ2) is 6.12. The molecule has 0 spiro atoms. The number of ether oxygens (including phenoxy) is 1. The lowest BCUT2D eigenvalue weighted by Gasteiger charge is -2.10. The number of phenolic OH excluding ortho intramolecular Hbond substituents is 1. The van der Waals surface area contributed by atoms with E-state index in [-0.39, 0.29) is 5.75 Å². The number of nitrogens with zero attached hydrogens (tertiary/aromatic N) is 1. The summed E-state index contributed by atoms with van der Waals surface area (Å²) < 4.78 is 8.07. The van der Waals surface area contributed by atoms with Gasteiger partial charge >= 0.3 is 0 Å². The van der Waals surface area contributed by atoms with Crippen LogP contribution in [0.2, 0.25) is 0 Å². The molecule has 3 rings (SSSR count). The fourth-order valence-electron chi connectivity index (χ4n) is 2.77. The number of nitrogens with two attached hydrogens (primary N) is 1. The normalized spacial score (nSPS) is 11.0. The number of hydrogen-bond donors (Lipinski definition) is 2. The highest BCUT2D eigenvalue weighted by Crippen LogP contribution is 2.25. The molecule has 22 heavy (non-hydrogen) atoms. The zero-order valence-corrected chi connectivity index (χ0v) is 12.6. The highest BCUT2D eigenvalue weighted by atomic mass is 16.5. The van der Waals surface area contributed by atoms with Crippen molar-refractivity contribution in [1.82, 2.24) is 4.57 Å². The van der Waals surface area contributed by atoms with E-state index in [0.29, 0.717) is 13.2 Å². The highest BCUT2D eigenvalue weighted by Gasteiger charge is 2.10. The van der Waals surface area contributed by atoms with Gasteiger partial charge in [0.25, 0.3) is 0 Å². The van der Waals surface area contributed by atoms with E-state index in [1.54, 1.807) is 24.3 Å². The minimum atomic E-state index is 0.239. The van der Waals surface area contributed by atoms with Crippen LogP contribution in [0.4, 0.5) is 0 Å². The first-order valence-corrected chi connectivity index (χ1v) is 7.45. The van der Waals surface area contributed by atoms with Crippen LogP contribution in [-0.4, -0.2) is 9.67 Å². The van der Waals surface area contributed by atoms with Crippen molar-refractivity contribution in [3.05, 3.63) is 59.8 Å². The van der Waals surface area contributed by atoms with Gasteiger partial charge in [-0.3, -0.25) is 0 Å². The lowest BCUT2D eigenvalue weighted by atomic mass is 10.1. The molecular formula is C18H20N2O2. The third kappa shape index (κ3) is 2.65. The topological polar surface area (TPSA) is 60.4 Å². The van der Waals surface area contributed by atoms with E-state index in [1.807, 2.05) is 6.07 Å². The molecule has 0 aliphatic heterocycles. The van der Waals surface area contributed by atoms with Crippen LogP contribution in [0, 0.1) is 0 Å². The number of rotatable bonds is 5. The summed E-state index contributed by atoms with van der Waals surface area (Å²) in [6, 6.07) is 15.1. The maximum absolute atomic E-state index is 9.31. The van der Waals surface area contributed by atoms with Gasteiger partial charge in [-0.1, -0.05) is 12.1 Å². The molecule has 2 aromatic carbocycles. The standard InChI is InChI=1S/C18H20N2O2/c1-2-20-14(12-22-16-8-6-15(21)7-9-16)10-17-13(11-19)4-3-5-18(17)20/h3-10,21H,2,11-12,19H2,1H3. The summed E-state index contributed by atoms with van der Waals surface area (Å²) >= 11 is 0. The van der Waals surface area contributed by atoms with Crippen molar-refractivity contribution in [1.29, 1.82) is 0 Å². The summed E-state index contributed by atoms with van der Waals surface area (Å²) in [5.74, 6) is 0.979. The van der Waals surface area contributed by atoms with Crippen LogP contribution in [0.15, 0.2) is 48.5 Å². The average Bonchev–Trinajstić information content (AvgIpc) is 2.91. The van der Waals surface area contributed by atoms with Crippen molar-refractivity contribution in [3.63, 3.8) is 0 Å². The molecule has 1 aromatic heterocycles. The third-order valence-electron chi connectivity index (χ3n) is 3.88. The zero-order valence-electron chi connectivity index (χ0n) is 12.6. The number of fused-ring (bicyclic) bond motifs is 1. The lowest BCUT2D eigenvalue weighted by Crippen LogP contribution is -2.04. The van der Waals surface area contributed by atoms with Crippen LogP contribution < -0.4 is 10.5 Å². The third-order valence-corrected chi connectivity index (χ3v) is 3.88. The Morgan fingerprint density at radius 1 is 1.14 bits per heavy atom. The van der Waals surface area contributed by atoms with E-state index >= 15 is 0 Å². The zero-order chi connectivity index (χ0) is 15.5. The van der Waals surface area contributed by atoms with Gasteiger partial charge < -0.3 is 20.1 Å². The predicted molar refractivity (Wildman–Crippen MR) is 87.9 cm³/mol. The first kappa shape index (κ1) is 14.5. The Morgan fingerprint density at radius 3 is 2.59 bits per heavy atom. The molecular weight excluding hydrogens is 276 g/mol. The van der Waals surface area contributed by atoms with Crippen LogP contribution >= 0.6 is 0 Å². The molecule has 4 nitrogen and oxygen atoms in total. The molecule has 0 unspecified atom stereocenters. The van der Waals surface area contributed by atoms with Gasteiger partial charge in [-0.2, -0.15) is 0 Å². The maximum atomic E-state index is 9.31. The summed E-state index contributed by atoms with van der Waals surface area (Å²) in [7, 11) is 0. The van der Waals surface area contributed by atoms with Gasteiger partial charge in [-0.25, -0.2) is 0 Å². The van der Waals surface area contributed by atoms with Gasteiger partial charge in [0.05, 0.1) is 5.69 Å². The number of hydrogen-bond acceptors (Lipinski definition) is 3. The molecule has 1 heterocycles. The largest absolute Gasteiger partial charge is 0.508 e. The monoisotopic (exact) mass is 296 g/mol. The van der Waals surface area contributed by atoms with Crippen LogP contribution in [0.5, 0.6) is 11.5 Å². The molecule has 0 saturated heterocycles. The molecule has 4 heteroatoms. The maximum Gasteiger partial charge on any atom is 0.128 e. The molecule has 0 aliphatic rings. The van der Waals surface area contributed by atoms with Crippen molar-refractivity contribution < 1.29 is 9.84 Å². The van der Waals surface area contributed by atoms with E-state index in [1.165, 1.54) is 10.9 Å². The number of benzene rings is 2. The molecule has 3 aromatic rings. The number of phenols is 1. The molecule has 114 valence electrons. The van der Waals surface area contributed by atoms with E-state index in [9.17, 15) is 5.11 Å². The number of aryl methyl sites for hydroxylation is 1. The molecule has 0 fully saturated rings. The van der Waals surface area contributed by atoms with Gasteiger partial charge in [-0.15, -0.1) is 0 Å². The van der Waals surface area contributed by atoms with Gasteiger partial charge in [0, 0.05) is 24.0 Å². The summed E-state index contributed by atoms with van der Waals surface area (Å²) in [4.78, 5) is 0. The van der Waals surface area contributed by atoms with Crippen molar-refractivity contribution >= 4 is 10.9 Å². The van der Waals surface area contributed by atoms with Crippen LogP contribution in [0.1, 0.15) is 18.2 Å². The molecule has 0 atom stereocenters. The van der Waals surface area contributed by atoms with E-state index in [4.69, 9.17) is 10.5 Å². The van der Waals surface area contributed by atoms with Crippen molar-refractivity contribution in [3.8, 4) is 11.5 Å². The molecule has 0 bridgehead atoms. The smallest absolute Gasteiger partial charge is 0.128 e. The minimum Gasteiger partial charge on any atom is -0.508 e. The predicted octanol–water partition coefficient (Wildman–Crippen LogP) is 3.40. The number of aromatic hydroxyl groups is 1. The summed E-state index contributed by atoms with van der Waals surface area (Å²) in [5.41, 5.74) is 9.29. The molecule has 3 N–H and O–H groups in total. The Bertz CT molecular complexity index is 776. The van der Waals surface area contributed by atoms with Gasteiger partial charge in [0.1, 0.15) is 18.1 Å². The second-order valence-corrected chi connectivity index (χ2v) is 5.22. The molecule has 0 radical (unpaired) electrons. The molecule has 0 saturated carbocycles. The highest BCUT2D eigenvalue weighted by molar-refractivity contribution is 5.84. The fourth-order valence-corrected chi connectivity index (χ4v) is 2.77. The summed E-state index contributed by atoms with van der Waals surface area (Å²) in [5, 5.41) is 10.5. The van der Waals surface area contributed by atoms with Crippen LogP contribution in [-0.2, 0) is 19.7 Å². The quantitative estimate of drug-likeness (QED) is 0.758. The Kier molecular flexibility index (Phi) is 4.02. The van der Waals surface area contributed by atoms with Gasteiger partial charge in [0.15, 0.2) is 0 Å². The van der Waals surface area contributed by atoms with Crippen molar-refractivity contribution in [2.75, 3.05) is 0 Å². The summed E-state index contributed by atoms with van der Waals surface area (Å²) in [6.07, 6.45) is 0. The van der Waals surface area contributed by atoms with E-state index < -0.39 is 0 Å². The fraction of sp³-hybridized carbons (Fsp3) is 0.222. The first-order chi connectivity index (χ1) is 10.7. The molecule has 0 amide bonds. The van der Waals surface area contributed by atoms with Gasteiger partial charge in [-0.05, 0) is 48.9 Å². The lowest BCUT2D eigenvalue weighted by molar-refractivity contribution is 0.295. The summed E-state index contributed by atoms with van der Waals surface area (Å²) in [6.45, 7) is 4.02. The van der Waals surface area contributed by atoms with E-state index in [2.05, 4.69) is 29.7 Å². The number of aromatic nitrogens is 1. The van der Waals surface area contributed by atoms with E-state index in [0.717, 1.165) is 23.6 Å². The Balaban J connectivity index is 1.91.